The third-order valence-electron chi connectivity index (χ3n) is 4.88. The number of nitrogens with zero attached hydrogens (tertiary/aromatic N) is 3. The van der Waals surface area contributed by atoms with Gasteiger partial charge in [-0.25, -0.2) is 0 Å². The molecule has 0 saturated carbocycles. The van der Waals surface area contributed by atoms with Gasteiger partial charge in [0.15, 0.2) is 0 Å². The molecule has 0 aromatic carbocycles. The number of allylic oxidation sites excluding steroid dienone is 2. The SMILES string of the molecule is BrC1=CC2N=C3CC4CCCN4CCCN3C2C=C1. The highest BCUT2D eigenvalue weighted by molar-refractivity contribution is 9.11. The molecule has 2 fully saturated rings. The molecular weight excluding hydrogens is 302 g/mol. The van der Waals surface area contributed by atoms with Gasteiger partial charge >= 0.3 is 0 Å². The first-order chi connectivity index (χ1) is 9.31. The van der Waals surface area contributed by atoms with Crippen molar-refractivity contribution in [2.24, 2.45) is 4.99 Å². The van der Waals surface area contributed by atoms with Crippen LogP contribution in [0.25, 0.3) is 0 Å². The van der Waals surface area contributed by atoms with Crippen molar-refractivity contribution in [1.29, 1.82) is 0 Å². The van der Waals surface area contributed by atoms with Crippen LogP contribution in [0.3, 0.4) is 0 Å². The normalized spacial score (nSPS) is 37.9. The number of fused-ring (bicyclic) bond motifs is 4. The largest absolute Gasteiger partial charge is 0.351 e. The number of aliphatic imine (C=N–C) groups is 1. The molecule has 19 heavy (non-hydrogen) atoms. The van der Waals surface area contributed by atoms with E-state index in [-0.39, 0.29) is 0 Å². The van der Waals surface area contributed by atoms with E-state index in [9.17, 15) is 0 Å². The number of hydrogen-bond acceptors (Lipinski definition) is 3. The fraction of sp³-hybridized carbons (Fsp3) is 0.667. The van der Waals surface area contributed by atoms with Crippen LogP contribution in [0.5, 0.6) is 0 Å². The van der Waals surface area contributed by atoms with Gasteiger partial charge in [0, 0.05) is 30.0 Å². The van der Waals surface area contributed by atoms with Gasteiger partial charge in [0.2, 0.25) is 0 Å². The molecule has 3 atom stereocenters. The maximum atomic E-state index is 5.00. The van der Waals surface area contributed by atoms with Gasteiger partial charge in [0.1, 0.15) is 5.84 Å². The van der Waals surface area contributed by atoms with E-state index in [1.165, 1.54) is 49.2 Å². The molecule has 0 aromatic heterocycles. The average Bonchev–Trinajstić information content (AvgIpc) is 2.92. The molecule has 1 aliphatic carbocycles. The first-order valence-electron chi connectivity index (χ1n) is 7.44. The minimum Gasteiger partial charge on any atom is -0.351 e. The lowest BCUT2D eigenvalue weighted by Gasteiger charge is -2.35. The zero-order valence-corrected chi connectivity index (χ0v) is 12.7. The van der Waals surface area contributed by atoms with Crippen molar-refractivity contribution in [2.75, 3.05) is 19.6 Å². The van der Waals surface area contributed by atoms with Crippen LogP contribution in [0.4, 0.5) is 0 Å². The van der Waals surface area contributed by atoms with E-state index in [0.717, 1.165) is 12.5 Å². The fourth-order valence-corrected chi connectivity index (χ4v) is 4.39. The Morgan fingerprint density at radius 1 is 1.21 bits per heavy atom. The zero-order valence-electron chi connectivity index (χ0n) is 11.1. The highest BCUT2D eigenvalue weighted by atomic mass is 79.9. The summed E-state index contributed by atoms with van der Waals surface area (Å²) in [7, 11) is 0. The molecule has 4 aliphatic rings. The number of amidine groups is 1. The van der Waals surface area contributed by atoms with Gasteiger partial charge in [-0.05, 0) is 31.9 Å². The molecule has 0 bridgehead atoms. The second kappa shape index (κ2) is 4.74. The highest BCUT2D eigenvalue weighted by Gasteiger charge is 2.38. The Kier molecular flexibility index (Phi) is 3.03. The predicted octanol–water partition coefficient (Wildman–Crippen LogP) is 2.54. The van der Waals surface area contributed by atoms with E-state index < -0.39 is 0 Å². The second-order valence-electron chi connectivity index (χ2n) is 6.02. The summed E-state index contributed by atoms with van der Waals surface area (Å²) in [6.45, 7) is 3.74. The van der Waals surface area contributed by atoms with E-state index in [1.807, 2.05) is 0 Å². The average molecular weight is 322 g/mol. The molecule has 0 N–H and O–H groups in total. The Hall–Kier alpha value is -0.610. The van der Waals surface area contributed by atoms with Crippen molar-refractivity contribution >= 4 is 21.8 Å². The van der Waals surface area contributed by atoms with Crippen molar-refractivity contribution in [3.05, 3.63) is 22.7 Å². The van der Waals surface area contributed by atoms with Gasteiger partial charge in [-0.15, -0.1) is 0 Å². The standard InChI is InChI=1S/C15H20BrN3/c16-11-4-5-14-13(9-11)17-15-10-12-3-1-6-18(12)7-2-8-19(14)15/h4-5,9,12-14H,1-3,6-8,10H2. The Morgan fingerprint density at radius 3 is 3.05 bits per heavy atom. The molecule has 3 aliphatic heterocycles. The summed E-state index contributed by atoms with van der Waals surface area (Å²) in [5.41, 5.74) is 0. The molecule has 4 heteroatoms. The van der Waals surface area contributed by atoms with Crippen LogP contribution in [0.2, 0.25) is 0 Å². The molecule has 2 saturated heterocycles. The smallest absolute Gasteiger partial charge is 0.102 e. The molecular formula is C15H20BrN3. The molecule has 0 amide bonds. The lowest BCUT2D eigenvalue weighted by atomic mass is 10.0. The van der Waals surface area contributed by atoms with Crippen molar-refractivity contribution in [3.8, 4) is 0 Å². The van der Waals surface area contributed by atoms with Crippen LogP contribution < -0.4 is 0 Å². The Bertz CT molecular complexity index is 468. The zero-order chi connectivity index (χ0) is 12.8. The van der Waals surface area contributed by atoms with E-state index >= 15 is 0 Å². The van der Waals surface area contributed by atoms with Crippen molar-refractivity contribution in [3.63, 3.8) is 0 Å². The highest BCUT2D eigenvalue weighted by Crippen LogP contribution is 2.32. The fourth-order valence-electron chi connectivity index (χ4n) is 3.97. The molecule has 3 unspecified atom stereocenters. The summed E-state index contributed by atoms with van der Waals surface area (Å²) >= 11 is 3.58. The van der Waals surface area contributed by atoms with Gasteiger partial charge in [0.25, 0.3) is 0 Å². The third-order valence-corrected chi connectivity index (χ3v) is 5.41. The number of halogens is 1. The van der Waals surface area contributed by atoms with E-state index in [1.54, 1.807) is 0 Å². The topological polar surface area (TPSA) is 18.8 Å². The summed E-state index contributed by atoms with van der Waals surface area (Å²) < 4.78 is 1.18. The van der Waals surface area contributed by atoms with Crippen LogP contribution in [-0.2, 0) is 0 Å². The molecule has 4 rings (SSSR count). The van der Waals surface area contributed by atoms with Crippen LogP contribution in [0.15, 0.2) is 27.7 Å². The van der Waals surface area contributed by atoms with Crippen molar-refractivity contribution < 1.29 is 0 Å². The van der Waals surface area contributed by atoms with Crippen LogP contribution >= 0.6 is 15.9 Å². The van der Waals surface area contributed by atoms with Crippen molar-refractivity contribution in [2.45, 2.75) is 43.8 Å². The van der Waals surface area contributed by atoms with Gasteiger partial charge in [0.05, 0.1) is 12.1 Å². The van der Waals surface area contributed by atoms with Crippen LogP contribution in [0, 0.1) is 0 Å². The number of hydrogen-bond donors (Lipinski definition) is 0. The van der Waals surface area contributed by atoms with Gasteiger partial charge < -0.3 is 4.90 Å². The lowest BCUT2D eigenvalue weighted by molar-refractivity contribution is 0.220. The second-order valence-corrected chi connectivity index (χ2v) is 6.94. The predicted molar refractivity (Wildman–Crippen MR) is 81.7 cm³/mol. The van der Waals surface area contributed by atoms with Gasteiger partial charge in [-0.3, -0.25) is 9.89 Å². The minimum atomic E-state index is 0.335. The molecule has 3 heterocycles. The van der Waals surface area contributed by atoms with Gasteiger partial charge in [-0.2, -0.15) is 0 Å². The van der Waals surface area contributed by atoms with E-state index in [0.29, 0.717) is 12.1 Å². The van der Waals surface area contributed by atoms with E-state index in [2.05, 4.69) is 44.0 Å². The summed E-state index contributed by atoms with van der Waals surface area (Å²) in [4.78, 5) is 10.2. The summed E-state index contributed by atoms with van der Waals surface area (Å²) in [5, 5.41) is 0. The third kappa shape index (κ3) is 2.09. The van der Waals surface area contributed by atoms with Crippen LogP contribution in [-0.4, -0.2) is 53.4 Å². The van der Waals surface area contributed by atoms with Crippen LogP contribution in [0.1, 0.15) is 25.7 Å². The van der Waals surface area contributed by atoms with E-state index in [4.69, 9.17) is 4.99 Å². The van der Waals surface area contributed by atoms with Crippen molar-refractivity contribution in [1.82, 2.24) is 9.80 Å². The molecule has 0 spiro atoms. The first kappa shape index (κ1) is 12.2. The number of rotatable bonds is 0. The van der Waals surface area contributed by atoms with Gasteiger partial charge in [-0.1, -0.05) is 28.1 Å². The summed E-state index contributed by atoms with van der Waals surface area (Å²) in [6.07, 6.45) is 11.9. The Morgan fingerprint density at radius 2 is 2.11 bits per heavy atom. The molecule has 102 valence electrons. The first-order valence-corrected chi connectivity index (χ1v) is 8.23. The maximum absolute atomic E-state index is 5.00. The monoisotopic (exact) mass is 321 g/mol. The maximum Gasteiger partial charge on any atom is 0.102 e. The molecule has 0 radical (unpaired) electrons. The Labute approximate surface area is 123 Å². The summed E-state index contributed by atoms with van der Waals surface area (Å²) in [6, 6.07) is 1.56. The quantitative estimate of drug-likeness (QED) is 0.682. The lowest BCUT2D eigenvalue weighted by Crippen LogP contribution is -2.45. The Balaban J connectivity index is 1.61. The minimum absolute atomic E-state index is 0.335. The molecule has 3 nitrogen and oxygen atoms in total. The summed E-state index contributed by atoms with van der Waals surface area (Å²) in [5.74, 6) is 1.36. The molecule has 0 aromatic rings.